The second-order valence-electron chi connectivity index (χ2n) is 3.41. The molecular weight excluding hydrogens is 200 g/mol. The van der Waals surface area contributed by atoms with Crippen molar-refractivity contribution < 1.29 is 9.21 Å². The Kier molecular flexibility index (Phi) is 2.50. The predicted molar refractivity (Wildman–Crippen MR) is 55.5 cm³/mol. The molecule has 1 aromatic heterocycles. The van der Waals surface area contributed by atoms with Crippen LogP contribution in [0.5, 0.6) is 0 Å². The second kappa shape index (κ2) is 3.65. The molecule has 0 amide bonds. The average molecular weight is 212 g/mol. The first-order valence-corrected chi connectivity index (χ1v) is 5.37. The van der Waals surface area contributed by atoms with E-state index in [2.05, 4.69) is 4.98 Å². The van der Waals surface area contributed by atoms with Crippen LogP contribution in [0.25, 0.3) is 0 Å². The molecule has 1 aromatic rings. The summed E-state index contributed by atoms with van der Waals surface area (Å²) in [5.74, 6) is 0. The Morgan fingerprint density at radius 3 is 2.93 bits per heavy atom. The van der Waals surface area contributed by atoms with E-state index in [1.807, 2.05) is 11.8 Å². The van der Waals surface area contributed by atoms with Gasteiger partial charge in [-0.05, 0) is 6.92 Å². The lowest BCUT2D eigenvalue weighted by atomic mass is 10.2. The van der Waals surface area contributed by atoms with Crippen molar-refractivity contribution in [3.8, 4) is 0 Å². The van der Waals surface area contributed by atoms with Gasteiger partial charge >= 0.3 is 0 Å². The van der Waals surface area contributed by atoms with Crippen LogP contribution in [0.15, 0.2) is 10.7 Å². The fourth-order valence-corrected chi connectivity index (χ4v) is 2.37. The van der Waals surface area contributed by atoms with Gasteiger partial charge in [-0.3, -0.25) is 4.79 Å². The van der Waals surface area contributed by atoms with Crippen LogP contribution in [0, 0.1) is 6.92 Å². The third-order valence-electron chi connectivity index (χ3n) is 2.06. The Bertz CT molecular complexity index is 344. The molecule has 0 saturated carbocycles. The Morgan fingerprint density at radius 1 is 1.71 bits per heavy atom. The highest BCUT2D eigenvalue weighted by Gasteiger charge is 2.31. The maximum atomic E-state index is 10.8. The summed E-state index contributed by atoms with van der Waals surface area (Å²) in [6.07, 6.45) is 1.64. The maximum Gasteiger partial charge on any atom is 0.297 e. The van der Waals surface area contributed by atoms with Crippen molar-refractivity contribution in [2.75, 3.05) is 18.0 Å². The number of nitrogens with zero attached hydrogens (tertiary/aromatic N) is 2. The topological polar surface area (TPSA) is 46.3 Å². The smallest absolute Gasteiger partial charge is 0.297 e. The molecule has 2 rings (SSSR count). The molecule has 1 aliphatic rings. The molecule has 0 radical (unpaired) electrons. The summed E-state index contributed by atoms with van der Waals surface area (Å²) in [4.78, 5) is 17.0. The molecule has 76 valence electrons. The van der Waals surface area contributed by atoms with Gasteiger partial charge in [-0.25, -0.2) is 0 Å². The van der Waals surface area contributed by atoms with Gasteiger partial charge in [-0.15, -0.1) is 0 Å². The zero-order valence-electron chi connectivity index (χ0n) is 8.19. The highest BCUT2D eigenvalue weighted by atomic mass is 32.2. The first-order valence-electron chi connectivity index (χ1n) is 4.49. The highest BCUT2D eigenvalue weighted by molar-refractivity contribution is 8.14. The molecule has 1 aliphatic heterocycles. The van der Waals surface area contributed by atoms with Gasteiger partial charge in [0.15, 0.2) is 5.12 Å². The van der Waals surface area contributed by atoms with Gasteiger partial charge in [0.1, 0.15) is 6.26 Å². The van der Waals surface area contributed by atoms with Crippen molar-refractivity contribution in [1.82, 2.24) is 4.98 Å². The fourth-order valence-electron chi connectivity index (χ4n) is 1.39. The highest BCUT2D eigenvalue weighted by Crippen LogP contribution is 2.27. The summed E-state index contributed by atoms with van der Waals surface area (Å²) in [6, 6.07) is 0.669. The standard InChI is InChI=1S/C9H12N2O2S/c1-6-5-13-9(10-6)11-3-8(4-11)14-7(2)12/h5,8H,3-4H2,1-2H3. The summed E-state index contributed by atoms with van der Waals surface area (Å²) in [7, 11) is 0. The minimum atomic E-state index is 0.179. The van der Waals surface area contributed by atoms with E-state index in [9.17, 15) is 4.79 Å². The fraction of sp³-hybridized carbons (Fsp3) is 0.556. The van der Waals surface area contributed by atoms with Gasteiger partial charge in [-0.1, -0.05) is 11.8 Å². The van der Waals surface area contributed by atoms with Crippen molar-refractivity contribution in [3.05, 3.63) is 12.0 Å². The lowest BCUT2D eigenvalue weighted by Gasteiger charge is -2.36. The Labute approximate surface area is 86.7 Å². The molecule has 2 heterocycles. The number of hydrogen-bond acceptors (Lipinski definition) is 5. The minimum absolute atomic E-state index is 0.179. The lowest BCUT2D eigenvalue weighted by molar-refractivity contribution is -0.109. The third kappa shape index (κ3) is 1.92. The molecule has 0 N–H and O–H groups in total. The van der Waals surface area contributed by atoms with E-state index in [4.69, 9.17) is 4.42 Å². The largest absolute Gasteiger partial charge is 0.432 e. The summed E-state index contributed by atoms with van der Waals surface area (Å²) in [5.41, 5.74) is 0.891. The van der Waals surface area contributed by atoms with Gasteiger partial charge in [0.2, 0.25) is 0 Å². The molecule has 0 aromatic carbocycles. The number of aryl methyl sites for hydroxylation is 1. The van der Waals surface area contributed by atoms with Crippen LogP contribution in [0.3, 0.4) is 0 Å². The molecule has 0 bridgehead atoms. The van der Waals surface area contributed by atoms with Crippen molar-refractivity contribution >= 4 is 22.9 Å². The van der Waals surface area contributed by atoms with E-state index < -0.39 is 0 Å². The van der Waals surface area contributed by atoms with E-state index in [0.717, 1.165) is 18.8 Å². The summed E-state index contributed by atoms with van der Waals surface area (Å²) < 4.78 is 5.24. The number of thioether (sulfide) groups is 1. The van der Waals surface area contributed by atoms with Crippen molar-refractivity contribution in [3.63, 3.8) is 0 Å². The molecule has 1 saturated heterocycles. The number of rotatable bonds is 2. The van der Waals surface area contributed by atoms with Gasteiger partial charge in [0.25, 0.3) is 6.01 Å². The van der Waals surface area contributed by atoms with Crippen LogP contribution in [0.1, 0.15) is 12.6 Å². The van der Waals surface area contributed by atoms with E-state index in [1.165, 1.54) is 11.8 Å². The van der Waals surface area contributed by atoms with Gasteiger partial charge in [-0.2, -0.15) is 4.98 Å². The van der Waals surface area contributed by atoms with Crippen LogP contribution < -0.4 is 4.90 Å². The summed E-state index contributed by atoms with van der Waals surface area (Å²) >= 11 is 1.40. The molecule has 0 aliphatic carbocycles. The van der Waals surface area contributed by atoms with Crippen LogP contribution in [-0.4, -0.2) is 28.4 Å². The minimum Gasteiger partial charge on any atom is -0.432 e. The Hall–Kier alpha value is -0.970. The lowest BCUT2D eigenvalue weighted by Crippen LogP contribution is -2.49. The van der Waals surface area contributed by atoms with Gasteiger partial charge in [0.05, 0.1) is 5.69 Å². The van der Waals surface area contributed by atoms with Crippen molar-refractivity contribution in [2.24, 2.45) is 0 Å². The van der Waals surface area contributed by atoms with Crippen LogP contribution in [0.2, 0.25) is 0 Å². The SMILES string of the molecule is CC(=O)SC1CN(c2nc(C)co2)C1. The van der Waals surface area contributed by atoms with E-state index in [-0.39, 0.29) is 5.12 Å². The number of anilines is 1. The molecule has 5 heteroatoms. The van der Waals surface area contributed by atoms with Gasteiger partial charge in [0, 0.05) is 25.3 Å². The number of oxazole rings is 1. The molecule has 4 nitrogen and oxygen atoms in total. The van der Waals surface area contributed by atoms with Crippen LogP contribution in [0.4, 0.5) is 6.01 Å². The zero-order chi connectivity index (χ0) is 10.1. The normalized spacial score (nSPS) is 16.9. The van der Waals surface area contributed by atoms with Crippen LogP contribution >= 0.6 is 11.8 Å². The predicted octanol–water partition coefficient (Wildman–Crippen LogP) is 1.45. The number of aromatic nitrogens is 1. The molecule has 14 heavy (non-hydrogen) atoms. The monoisotopic (exact) mass is 212 g/mol. The van der Waals surface area contributed by atoms with Gasteiger partial charge < -0.3 is 9.32 Å². The molecule has 0 unspecified atom stereocenters. The quantitative estimate of drug-likeness (QED) is 0.742. The summed E-state index contributed by atoms with van der Waals surface area (Å²) in [6.45, 7) is 5.20. The molecular formula is C9H12N2O2S. The maximum absolute atomic E-state index is 10.8. The number of carbonyl (C=O) groups is 1. The van der Waals surface area contributed by atoms with E-state index in [1.54, 1.807) is 13.2 Å². The van der Waals surface area contributed by atoms with Crippen molar-refractivity contribution in [1.29, 1.82) is 0 Å². The van der Waals surface area contributed by atoms with E-state index in [0.29, 0.717) is 11.3 Å². The second-order valence-corrected chi connectivity index (χ2v) is 4.89. The molecule has 1 fully saturated rings. The Balaban J connectivity index is 1.86. The number of hydrogen-bond donors (Lipinski definition) is 0. The zero-order valence-corrected chi connectivity index (χ0v) is 9.00. The molecule has 0 spiro atoms. The Morgan fingerprint density at radius 2 is 2.43 bits per heavy atom. The summed E-state index contributed by atoms with van der Waals surface area (Å²) in [5, 5.41) is 0.581. The first kappa shape index (κ1) is 9.58. The van der Waals surface area contributed by atoms with Crippen molar-refractivity contribution in [2.45, 2.75) is 19.1 Å². The first-order chi connectivity index (χ1) is 6.65. The third-order valence-corrected chi connectivity index (χ3v) is 3.02. The molecule has 0 atom stereocenters. The van der Waals surface area contributed by atoms with E-state index >= 15 is 0 Å². The van der Waals surface area contributed by atoms with Crippen LogP contribution in [-0.2, 0) is 4.79 Å². The average Bonchev–Trinajstić information content (AvgIpc) is 2.42. The number of carbonyl (C=O) groups excluding carboxylic acids is 1.